The van der Waals surface area contributed by atoms with Crippen molar-refractivity contribution in [3.63, 3.8) is 0 Å². The summed E-state index contributed by atoms with van der Waals surface area (Å²) in [5, 5.41) is 3.20. The lowest BCUT2D eigenvalue weighted by molar-refractivity contribution is -0.909. The molecule has 0 aliphatic carbocycles. The van der Waals surface area contributed by atoms with E-state index in [2.05, 4.69) is 5.32 Å². The van der Waals surface area contributed by atoms with Gasteiger partial charge >= 0.3 is 0 Å². The van der Waals surface area contributed by atoms with E-state index in [9.17, 15) is 9.18 Å². The van der Waals surface area contributed by atoms with E-state index in [1.807, 2.05) is 31.2 Å². The molecular formula is C21H25ClFN2O3+. The maximum absolute atomic E-state index is 13.1. The van der Waals surface area contributed by atoms with Gasteiger partial charge in [-0.2, -0.15) is 0 Å². The van der Waals surface area contributed by atoms with Crippen molar-refractivity contribution in [3.05, 3.63) is 64.4 Å². The number of amides is 1. The average molecular weight is 408 g/mol. The molecule has 1 saturated heterocycles. The molecule has 1 amide bonds. The topological polar surface area (TPSA) is 52.0 Å². The maximum Gasteiger partial charge on any atom is 0.258 e. The summed E-state index contributed by atoms with van der Waals surface area (Å²) in [4.78, 5) is 13.9. The normalized spacial score (nSPS) is 15.8. The van der Waals surface area contributed by atoms with Crippen LogP contribution < -0.4 is 15.0 Å². The lowest BCUT2D eigenvalue weighted by Gasteiger charge is -2.28. The van der Waals surface area contributed by atoms with Gasteiger partial charge in [0.25, 0.3) is 5.91 Å². The predicted molar refractivity (Wildman–Crippen MR) is 105 cm³/mol. The monoisotopic (exact) mass is 407 g/mol. The summed E-state index contributed by atoms with van der Waals surface area (Å²) < 4.78 is 24.0. The minimum Gasteiger partial charge on any atom is -0.482 e. The quantitative estimate of drug-likeness (QED) is 0.737. The fourth-order valence-corrected chi connectivity index (χ4v) is 3.40. The Balaban J connectivity index is 1.63. The van der Waals surface area contributed by atoms with Gasteiger partial charge in [0, 0.05) is 0 Å². The zero-order valence-corrected chi connectivity index (χ0v) is 16.6. The highest BCUT2D eigenvalue weighted by Gasteiger charge is 2.23. The standard InChI is InChI=1S/C21H24ClFN2O3/c1-15-2-4-16(5-3-15)19(13-25-8-10-27-11-9-25)24-21(26)14-28-20-7-6-17(23)12-18(20)22/h2-7,12,19H,8-11,13-14H2,1H3,(H,24,26)/p+1/t19-/m1/s1. The van der Waals surface area contributed by atoms with E-state index in [1.165, 1.54) is 22.6 Å². The summed E-state index contributed by atoms with van der Waals surface area (Å²) in [5.41, 5.74) is 2.22. The van der Waals surface area contributed by atoms with Crippen molar-refractivity contribution in [2.45, 2.75) is 13.0 Å². The molecule has 0 aromatic heterocycles. The van der Waals surface area contributed by atoms with E-state index in [0.717, 1.165) is 44.5 Å². The molecule has 150 valence electrons. The third-order valence-corrected chi connectivity index (χ3v) is 5.06. The van der Waals surface area contributed by atoms with Gasteiger partial charge in [-0.15, -0.1) is 0 Å². The van der Waals surface area contributed by atoms with Crippen LogP contribution in [0.4, 0.5) is 4.39 Å². The lowest BCUT2D eigenvalue weighted by atomic mass is 10.0. The first-order valence-corrected chi connectivity index (χ1v) is 9.74. The van der Waals surface area contributed by atoms with Gasteiger partial charge in [-0.25, -0.2) is 4.39 Å². The van der Waals surface area contributed by atoms with E-state index < -0.39 is 5.82 Å². The van der Waals surface area contributed by atoms with Crippen molar-refractivity contribution in [2.24, 2.45) is 0 Å². The Morgan fingerprint density at radius 1 is 1.25 bits per heavy atom. The van der Waals surface area contributed by atoms with Crippen molar-refractivity contribution in [1.29, 1.82) is 0 Å². The molecule has 2 N–H and O–H groups in total. The van der Waals surface area contributed by atoms with E-state index >= 15 is 0 Å². The molecule has 2 aromatic carbocycles. The molecule has 1 atom stereocenters. The van der Waals surface area contributed by atoms with Crippen LogP contribution in [0.5, 0.6) is 5.75 Å². The minimum atomic E-state index is -0.449. The molecule has 2 aromatic rings. The lowest BCUT2D eigenvalue weighted by Crippen LogP contribution is -3.14. The van der Waals surface area contributed by atoms with Gasteiger partial charge in [0.15, 0.2) is 6.61 Å². The minimum absolute atomic E-state index is 0.131. The van der Waals surface area contributed by atoms with Crippen LogP contribution in [0.3, 0.4) is 0 Å². The summed E-state index contributed by atoms with van der Waals surface area (Å²) in [7, 11) is 0. The Morgan fingerprint density at radius 3 is 2.64 bits per heavy atom. The molecule has 5 nitrogen and oxygen atoms in total. The number of morpholine rings is 1. The fraction of sp³-hybridized carbons (Fsp3) is 0.381. The smallest absolute Gasteiger partial charge is 0.258 e. The number of rotatable bonds is 7. The number of hydrogen-bond acceptors (Lipinski definition) is 3. The molecule has 7 heteroatoms. The third-order valence-electron chi connectivity index (χ3n) is 4.76. The number of halogens is 2. The van der Waals surface area contributed by atoms with Crippen LogP contribution in [0.2, 0.25) is 5.02 Å². The van der Waals surface area contributed by atoms with Crippen LogP contribution in [0, 0.1) is 12.7 Å². The van der Waals surface area contributed by atoms with Gasteiger partial charge < -0.3 is 19.7 Å². The molecule has 1 fully saturated rings. The largest absolute Gasteiger partial charge is 0.482 e. The van der Waals surface area contributed by atoms with Crippen LogP contribution in [0.1, 0.15) is 17.2 Å². The highest BCUT2D eigenvalue weighted by molar-refractivity contribution is 6.32. The summed E-state index contributed by atoms with van der Waals surface area (Å²) in [6.45, 7) is 5.92. The van der Waals surface area contributed by atoms with Gasteiger partial charge in [0.1, 0.15) is 37.2 Å². The van der Waals surface area contributed by atoms with Crippen molar-refractivity contribution in [2.75, 3.05) is 39.5 Å². The Hall–Kier alpha value is -2.15. The van der Waals surface area contributed by atoms with Gasteiger partial charge in [-0.05, 0) is 30.7 Å². The highest BCUT2D eigenvalue weighted by atomic mass is 35.5. The van der Waals surface area contributed by atoms with Crippen LogP contribution in [0.25, 0.3) is 0 Å². The molecule has 0 unspecified atom stereocenters. The van der Waals surface area contributed by atoms with E-state index in [0.29, 0.717) is 0 Å². The molecule has 0 radical (unpaired) electrons. The first-order chi connectivity index (χ1) is 13.5. The van der Waals surface area contributed by atoms with E-state index in [4.69, 9.17) is 21.1 Å². The fourth-order valence-electron chi connectivity index (χ4n) is 3.18. The molecule has 3 rings (SSSR count). The molecule has 1 aliphatic heterocycles. The second kappa shape index (κ2) is 9.87. The first kappa shape index (κ1) is 20.6. The molecule has 28 heavy (non-hydrogen) atoms. The van der Waals surface area contributed by atoms with Crippen LogP contribution in [0.15, 0.2) is 42.5 Å². The Morgan fingerprint density at radius 2 is 1.96 bits per heavy atom. The Labute approximate surface area is 169 Å². The zero-order valence-electron chi connectivity index (χ0n) is 15.8. The Bertz CT molecular complexity index is 795. The third kappa shape index (κ3) is 5.92. The van der Waals surface area contributed by atoms with Gasteiger partial charge in [-0.1, -0.05) is 41.4 Å². The van der Waals surface area contributed by atoms with Crippen LogP contribution in [-0.2, 0) is 9.53 Å². The second-order valence-electron chi connectivity index (χ2n) is 6.96. The zero-order chi connectivity index (χ0) is 19.9. The second-order valence-corrected chi connectivity index (χ2v) is 7.37. The molecular weight excluding hydrogens is 383 g/mol. The highest BCUT2D eigenvalue weighted by Crippen LogP contribution is 2.24. The number of carbonyl (C=O) groups is 1. The summed E-state index contributed by atoms with van der Waals surface area (Å²) in [6.07, 6.45) is 0. The van der Waals surface area contributed by atoms with Gasteiger partial charge in [0.2, 0.25) is 0 Å². The van der Waals surface area contributed by atoms with Crippen molar-refractivity contribution in [1.82, 2.24) is 5.32 Å². The molecule has 0 bridgehead atoms. The Kier molecular flexibility index (Phi) is 7.25. The van der Waals surface area contributed by atoms with E-state index in [-0.39, 0.29) is 29.3 Å². The number of carbonyl (C=O) groups excluding carboxylic acids is 1. The SMILES string of the molecule is Cc1ccc([C@@H](C[NH+]2CCOCC2)NC(=O)COc2ccc(F)cc2Cl)cc1. The number of benzene rings is 2. The number of quaternary nitrogens is 1. The molecule has 0 saturated carbocycles. The van der Waals surface area contributed by atoms with Crippen LogP contribution in [-0.4, -0.2) is 45.4 Å². The summed E-state index contributed by atoms with van der Waals surface area (Å²) in [5.74, 6) is -0.419. The predicted octanol–water partition coefficient (Wildman–Crippen LogP) is 1.94. The van der Waals surface area contributed by atoms with Gasteiger partial charge in [-0.3, -0.25) is 4.79 Å². The average Bonchev–Trinajstić information content (AvgIpc) is 2.68. The van der Waals surface area contributed by atoms with Crippen LogP contribution >= 0.6 is 11.6 Å². The first-order valence-electron chi connectivity index (χ1n) is 9.36. The number of aryl methyl sites for hydroxylation is 1. The number of ether oxygens (including phenoxy) is 2. The summed E-state index contributed by atoms with van der Waals surface area (Å²) >= 11 is 5.95. The maximum atomic E-state index is 13.1. The van der Waals surface area contributed by atoms with Crippen molar-refractivity contribution >= 4 is 17.5 Å². The van der Waals surface area contributed by atoms with Crippen molar-refractivity contribution in [3.8, 4) is 5.75 Å². The summed E-state index contributed by atoms with van der Waals surface area (Å²) in [6, 6.07) is 11.8. The van der Waals surface area contributed by atoms with Crippen molar-refractivity contribution < 1.29 is 23.6 Å². The van der Waals surface area contributed by atoms with Gasteiger partial charge in [0.05, 0.1) is 18.2 Å². The number of nitrogens with one attached hydrogen (secondary N) is 2. The molecule has 1 heterocycles. The number of hydrogen-bond donors (Lipinski definition) is 2. The molecule has 1 aliphatic rings. The molecule has 0 spiro atoms. The van der Waals surface area contributed by atoms with E-state index in [1.54, 1.807) is 0 Å².